The van der Waals surface area contributed by atoms with E-state index in [0.29, 0.717) is 6.42 Å². The molecule has 5 nitrogen and oxygen atoms in total. The number of nitrogens with one attached hydrogen (secondary N) is 1. The zero-order chi connectivity index (χ0) is 10.8. The number of thiophene rings is 1. The van der Waals surface area contributed by atoms with E-state index in [9.17, 15) is 14.9 Å². The summed E-state index contributed by atoms with van der Waals surface area (Å²) in [6, 6.07) is 2.50. The second-order valence-electron chi connectivity index (χ2n) is 3.45. The summed E-state index contributed by atoms with van der Waals surface area (Å²) in [5.41, 5.74) is 0. The van der Waals surface area contributed by atoms with Crippen molar-refractivity contribution in [1.29, 1.82) is 0 Å². The van der Waals surface area contributed by atoms with E-state index >= 15 is 0 Å². The molecular weight excluding hydrogens is 216 g/mol. The van der Waals surface area contributed by atoms with E-state index in [-0.39, 0.29) is 17.3 Å². The Kier molecular flexibility index (Phi) is 2.68. The molecule has 1 aliphatic rings. The lowest BCUT2D eigenvalue weighted by atomic mass is 9.97. The van der Waals surface area contributed by atoms with Crippen molar-refractivity contribution in [2.45, 2.75) is 24.9 Å². The zero-order valence-electron chi connectivity index (χ0n) is 7.88. The molecule has 0 radical (unpaired) electrons. The number of piperidine rings is 1. The van der Waals surface area contributed by atoms with Crippen molar-refractivity contribution >= 4 is 17.2 Å². The number of nitrogens with zero attached hydrogens (tertiary/aromatic N) is 1. The van der Waals surface area contributed by atoms with Gasteiger partial charge in [0.2, 0.25) is 11.9 Å². The Bertz CT molecular complexity index is 377. The molecule has 15 heavy (non-hydrogen) atoms. The molecule has 6 heteroatoms. The van der Waals surface area contributed by atoms with Crippen molar-refractivity contribution in [3.8, 4) is 0 Å². The third-order valence-corrected chi connectivity index (χ3v) is 3.44. The third-order valence-electron chi connectivity index (χ3n) is 2.49. The predicted molar refractivity (Wildman–Crippen MR) is 55.2 cm³/mol. The van der Waals surface area contributed by atoms with Crippen molar-refractivity contribution in [3.63, 3.8) is 0 Å². The van der Waals surface area contributed by atoms with Crippen LogP contribution < -0.4 is 5.32 Å². The predicted octanol–water partition coefficient (Wildman–Crippen LogP) is 1.34. The van der Waals surface area contributed by atoms with Crippen molar-refractivity contribution in [1.82, 2.24) is 5.32 Å². The minimum absolute atomic E-state index is 0.105. The molecule has 0 aromatic carbocycles. The lowest BCUT2D eigenvalue weighted by Gasteiger charge is -2.25. The molecule has 1 fully saturated rings. The molecule has 0 spiro atoms. The number of rotatable bonds is 2. The minimum Gasteiger partial charge on any atom is -0.342 e. The minimum atomic E-state index is -0.693. The molecule has 1 aliphatic heterocycles. The van der Waals surface area contributed by atoms with Crippen LogP contribution in [0.15, 0.2) is 17.5 Å². The van der Waals surface area contributed by atoms with Crippen LogP contribution in [-0.4, -0.2) is 16.9 Å². The van der Waals surface area contributed by atoms with Crippen molar-refractivity contribution in [2.24, 2.45) is 0 Å². The molecule has 1 amide bonds. The summed E-state index contributed by atoms with van der Waals surface area (Å²) in [5, 5.41) is 15.4. The first-order chi connectivity index (χ1) is 7.18. The van der Waals surface area contributed by atoms with Crippen molar-refractivity contribution in [2.75, 3.05) is 0 Å². The number of carbonyl (C=O) groups excluding carboxylic acids is 1. The average Bonchev–Trinajstić information content (AvgIpc) is 2.69. The molecule has 1 aromatic heterocycles. The van der Waals surface area contributed by atoms with E-state index in [0.717, 1.165) is 4.88 Å². The highest BCUT2D eigenvalue weighted by molar-refractivity contribution is 7.10. The maximum absolute atomic E-state index is 11.2. The van der Waals surface area contributed by atoms with Gasteiger partial charge in [-0.25, -0.2) is 0 Å². The van der Waals surface area contributed by atoms with Crippen LogP contribution in [0.25, 0.3) is 0 Å². The molecule has 2 rings (SSSR count). The standard InChI is InChI=1S/C9H10N2O3S/c12-8-4-3-6(11(13)14)9(10-8)7-2-1-5-15-7/h1-2,5-6,9H,3-4H2,(H,10,12)/t6-,9+/m1/s1. The molecule has 1 aromatic rings. The van der Waals surface area contributed by atoms with Crippen LogP contribution in [-0.2, 0) is 4.79 Å². The summed E-state index contributed by atoms with van der Waals surface area (Å²) in [4.78, 5) is 22.6. The fourth-order valence-corrected chi connectivity index (χ4v) is 2.58. The highest BCUT2D eigenvalue weighted by Crippen LogP contribution is 2.28. The molecule has 80 valence electrons. The fraction of sp³-hybridized carbons (Fsp3) is 0.444. The molecule has 2 atom stereocenters. The first-order valence-corrected chi connectivity index (χ1v) is 5.52. The van der Waals surface area contributed by atoms with E-state index < -0.39 is 12.1 Å². The average molecular weight is 226 g/mol. The second kappa shape index (κ2) is 3.98. The van der Waals surface area contributed by atoms with Gasteiger partial charge in [-0.15, -0.1) is 11.3 Å². The third kappa shape index (κ3) is 1.99. The van der Waals surface area contributed by atoms with Crippen LogP contribution in [0.2, 0.25) is 0 Å². The SMILES string of the molecule is O=C1CC[C@@H]([N+](=O)[O-])[C@@H](c2cccs2)N1. The summed E-state index contributed by atoms with van der Waals surface area (Å²) in [5.74, 6) is -0.105. The smallest absolute Gasteiger partial charge is 0.238 e. The zero-order valence-corrected chi connectivity index (χ0v) is 8.70. The van der Waals surface area contributed by atoms with Gasteiger partial charge in [-0.05, 0) is 11.4 Å². The van der Waals surface area contributed by atoms with Crippen LogP contribution in [0.4, 0.5) is 0 Å². The van der Waals surface area contributed by atoms with Gasteiger partial charge in [0.15, 0.2) is 0 Å². The first kappa shape index (κ1) is 10.1. The van der Waals surface area contributed by atoms with Crippen LogP contribution >= 0.6 is 11.3 Å². The summed E-state index contributed by atoms with van der Waals surface area (Å²) in [6.07, 6.45) is 0.564. The van der Waals surface area contributed by atoms with Crippen LogP contribution in [0.5, 0.6) is 0 Å². The van der Waals surface area contributed by atoms with Crippen LogP contribution in [0.3, 0.4) is 0 Å². The number of carbonyl (C=O) groups is 1. The molecule has 0 aliphatic carbocycles. The maximum Gasteiger partial charge on any atom is 0.238 e. The molecule has 0 bridgehead atoms. The molecule has 1 saturated heterocycles. The topological polar surface area (TPSA) is 72.2 Å². The van der Waals surface area contributed by atoms with E-state index in [4.69, 9.17) is 0 Å². The highest BCUT2D eigenvalue weighted by Gasteiger charge is 2.38. The van der Waals surface area contributed by atoms with E-state index in [2.05, 4.69) is 5.32 Å². The Hall–Kier alpha value is -1.43. The lowest BCUT2D eigenvalue weighted by Crippen LogP contribution is -2.44. The summed E-state index contributed by atoms with van der Waals surface area (Å²) < 4.78 is 0. The van der Waals surface area contributed by atoms with Gasteiger partial charge in [-0.2, -0.15) is 0 Å². The van der Waals surface area contributed by atoms with Gasteiger partial charge in [0, 0.05) is 22.6 Å². The summed E-state index contributed by atoms with van der Waals surface area (Å²) in [7, 11) is 0. The summed E-state index contributed by atoms with van der Waals surface area (Å²) >= 11 is 1.43. The largest absolute Gasteiger partial charge is 0.342 e. The number of hydrogen-bond acceptors (Lipinski definition) is 4. The van der Waals surface area contributed by atoms with Gasteiger partial charge in [0.1, 0.15) is 6.04 Å². The molecular formula is C9H10N2O3S. The maximum atomic E-state index is 11.2. The Morgan fingerprint density at radius 3 is 3.00 bits per heavy atom. The van der Waals surface area contributed by atoms with Crippen molar-refractivity contribution in [3.05, 3.63) is 32.5 Å². The Balaban J connectivity index is 2.24. The van der Waals surface area contributed by atoms with Gasteiger partial charge in [0.25, 0.3) is 0 Å². The summed E-state index contributed by atoms with van der Waals surface area (Å²) in [6.45, 7) is 0. The molecule has 2 heterocycles. The Labute approximate surface area is 90.3 Å². The first-order valence-electron chi connectivity index (χ1n) is 4.65. The Morgan fingerprint density at radius 2 is 2.40 bits per heavy atom. The van der Waals surface area contributed by atoms with E-state index in [1.807, 2.05) is 17.5 Å². The Morgan fingerprint density at radius 1 is 1.60 bits per heavy atom. The number of amides is 1. The second-order valence-corrected chi connectivity index (χ2v) is 4.43. The number of hydrogen-bond donors (Lipinski definition) is 1. The monoisotopic (exact) mass is 226 g/mol. The van der Waals surface area contributed by atoms with Crippen LogP contribution in [0, 0.1) is 10.1 Å². The molecule has 0 saturated carbocycles. The van der Waals surface area contributed by atoms with Gasteiger partial charge in [0.05, 0.1) is 0 Å². The fourth-order valence-electron chi connectivity index (χ4n) is 1.74. The van der Waals surface area contributed by atoms with E-state index in [1.165, 1.54) is 11.3 Å². The lowest BCUT2D eigenvalue weighted by molar-refractivity contribution is -0.529. The van der Waals surface area contributed by atoms with Crippen molar-refractivity contribution < 1.29 is 9.72 Å². The quantitative estimate of drug-likeness (QED) is 0.611. The molecule has 1 N–H and O–H groups in total. The number of nitro groups is 1. The normalized spacial score (nSPS) is 26.0. The van der Waals surface area contributed by atoms with Gasteiger partial charge < -0.3 is 5.32 Å². The van der Waals surface area contributed by atoms with Gasteiger partial charge in [-0.1, -0.05) is 6.07 Å². The van der Waals surface area contributed by atoms with E-state index in [1.54, 1.807) is 0 Å². The van der Waals surface area contributed by atoms with Crippen LogP contribution in [0.1, 0.15) is 23.8 Å². The highest BCUT2D eigenvalue weighted by atomic mass is 32.1. The molecule has 0 unspecified atom stereocenters. The van der Waals surface area contributed by atoms with Gasteiger partial charge in [-0.3, -0.25) is 14.9 Å². The van der Waals surface area contributed by atoms with Gasteiger partial charge >= 0.3 is 0 Å².